The minimum Gasteiger partial charge on any atom is -0.434 e. The zero-order chi connectivity index (χ0) is 25.8. The van der Waals surface area contributed by atoms with Crippen molar-refractivity contribution in [3.8, 4) is 0 Å². The SMILES string of the molecule is C[C@]1(COC(=O)OCCCCC23CC4CC(CC(C4)C2)C3)O[C@@H](n2cnc3c(N)nc(F)nc32)C[C@@H]1O. The van der Waals surface area contributed by atoms with Crippen molar-refractivity contribution < 1.29 is 28.5 Å². The second-order valence-electron chi connectivity index (χ2n) is 12.1. The molecule has 10 nitrogen and oxygen atoms in total. The van der Waals surface area contributed by atoms with Gasteiger partial charge in [0.25, 0.3) is 0 Å². The van der Waals surface area contributed by atoms with Gasteiger partial charge in [-0.25, -0.2) is 9.78 Å². The predicted octanol–water partition coefficient (Wildman–Crippen LogP) is 4.13. The first-order valence-electron chi connectivity index (χ1n) is 13.5. The molecule has 3 heterocycles. The number of carbonyl (C=O) groups excluding carboxylic acids is 1. The Labute approximate surface area is 215 Å². The molecule has 7 rings (SSSR count). The molecular formula is C26H36FN5O5. The molecule has 0 radical (unpaired) electrons. The highest BCUT2D eigenvalue weighted by atomic mass is 19.1. The third-order valence-corrected chi connectivity index (χ3v) is 9.23. The number of nitrogen functional groups attached to an aromatic ring is 1. The second-order valence-corrected chi connectivity index (χ2v) is 12.1. The van der Waals surface area contributed by atoms with Crippen LogP contribution in [0.15, 0.2) is 6.33 Å². The van der Waals surface area contributed by atoms with Crippen molar-refractivity contribution in [2.24, 2.45) is 23.2 Å². The van der Waals surface area contributed by atoms with E-state index in [4.69, 9.17) is 19.9 Å². The molecule has 0 unspecified atom stereocenters. The van der Waals surface area contributed by atoms with Crippen molar-refractivity contribution in [3.05, 3.63) is 12.4 Å². The Balaban J connectivity index is 0.955. The lowest BCUT2D eigenvalue weighted by Gasteiger charge is -2.57. The molecule has 5 fully saturated rings. The number of nitrogens with zero attached hydrogens (tertiary/aromatic N) is 4. The van der Waals surface area contributed by atoms with E-state index < -0.39 is 30.2 Å². The summed E-state index contributed by atoms with van der Waals surface area (Å²) >= 11 is 0. The molecule has 5 aliphatic rings. The van der Waals surface area contributed by atoms with Crippen molar-refractivity contribution in [2.45, 2.75) is 89.1 Å². The Kier molecular flexibility index (Phi) is 6.26. The Bertz CT molecular complexity index is 1140. The topological polar surface area (TPSA) is 135 Å². The van der Waals surface area contributed by atoms with Crippen LogP contribution in [-0.4, -0.2) is 55.7 Å². The molecule has 0 amide bonds. The number of fused-ring (bicyclic) bond motifs is 1. The van der Waals surface area contributed by atoms with Crippen LogP contribution in [0.2, 0.25) is 0 Å². The highest BCUT2D eigenvalue weighted by molar-refractivity contribution is 5.81. The molecule has 3 atom stereocenters. The van der Waals surface area contributed by atoms with Crippen LogP contribution in [0.1, 0.15) is 77.4 Å². The van der Waals surface area contributed by atoms with Crippen molar-refractivity contribution in [1.29, 1.82) is 0 Å². The molecule has 2 aromatic heterocycles. The van der Waals surface area contributed by atoms with Crippen molar-refractivity contribution >= 4 is 23.1 Å². The number of aliphatic hydroxyl groups excluding tert-OH is 1. The summed E-state index contributed by atoms with van der Waals surface area (Å²) in [5.74, 6) is 2.77. The third kappa shape index (κ3) is 4.76. The molecule has 4 aliphatic carbocycles. The minimum atomic E-state index is -1.17. The fraction of sp³-hybridized carbons (Fsp3) is 0.769. The molecule has 4 saturated carbocycles. The van der Waals surface area contributed by atoms with E-state index in [0.717, 1.165) is 30.6 Å². The predicted molar refractivity (Wildman–Crippen MR) is 131 cm³/mol. The van der Waals surface area contributed by atoms with Crippen LogP contribution in [0.25, 0.3) is 11.2 Å². The number of anilines is 1. The van der Waals surface area contributed by atoms with E-state index in [-0.39, 0.29) is 30.0 Å². The first-order valence-corrected chi connectivity index (χ1v) is 13.5. The lowest BCUT2D eigenvalue weighted by Crippen LogP contribution is -2.45. The maximum atomic E-state index is 13.7. The molecule has 37 heavy (non-hydrogen) atoms. The summed E-state index contributed by atoms with van der Waals surface area (Å²) in [6.07, 6.45) is 9.88. The molecule has 3 N–H and O–H groups in total. The normalized spacial score (nSPS) is 36.4. The number of aromatic nitrogens is 4. The van der Waals surface area contributed by atoms with E-state index in [2.05, 4.69) is 15.0 Å². The van der Waals surface area contributed by atoms with Gasteiger partial charge < -0.3 is 25.1 Å². The monoisotopic (exact) mass is 517 g/mol. The fourth-order valence-electron chi connectivity index (χ4n) is 7.90. The molecule has 1 aliphatic heterocycles. The van der Waals surface area contributed by atoms with Gasteiger partial charge >= 0.3 is 12.2 Å². The number of hydrogen-bond acceptors (Lipinski definition) is 9. The van der Waals surface area contributed by atoms with Crippen LogP contribution < -0.4 is 5.73 Å². The van der Waals surface area contributed by atoms with E-state index in [9.17, 15) is 14.3 Å². The molecule has 11 heteroatoms. The first kappa shape index (κ1) is 24.8. The van der Waals surface area contributed by atoms with Crippen molar-refractivity contribution in [1.82, 2.24) is 19.5 Å². The summed E-state index contributed by atoms with van der Waals surface area (Å²) in [4.78, 5) is 23.6. The van der Waals surface area contributed by atoms with Gasteiger partial charge in [0, 0.05) is 6.42 Å². The number of aliphatic hydroxyl groups is 1. The van der Waals surface area contributed by atoms with Gasteiger partial charge in [-0.2, -0.15) is 14.4 Å². The lowest BCUT2D eigenvalue weighted by molar-refractivity contribution is -0.122. The van der Waals surface area contributed by atoms with Gasteiger partial charge in [0.15, 0.2) is 17.0 Å². The van der Waals surface area contributed by atoms with Gasteiger partial charge in [-0.15, -0.1) is 0 Å². The van der Waals surface area contributed by atoms with Gasteiger partial charge in [-0.3, -0.25) is 4.57 Å². The number of ether oxygens (including phenoxy) is 3. The highest BCUT2D eigenvalue weighted by Crippen LogP contribution is 2.61. The number of halogens is 1. The number of nitrogens with two attached hydrogens (primary N) is 1. The fourth-order valence-corrected chi connectivity index (χ4v) is 7.90. The molecule has 0 aromatic carbocycles. The summed E-state index contributed by atoms with van der Waals surface area (Å²) in [5.41, 5.74) is 5.51. The minimum absolute atomic E-state index is 0.0772. The van der Waals surface area contributed by atoms with Crippen LogP contribution in [0, 0.1) is 29.2 Å². The summed E-state index contributed by atoms with van der Waals surface area (Å²) < 4.78 is 31.8. The van der Waals surface area contributed by atoms with E-state index in [1.54, 1.807) is 6.92 Å². The molecule has 1 saturated heterocycles. The van der Waals surface area contributed by atoms with Crippen molar-refractivity contribution in [3.63, 3.8) is 0 Å². The van der Waals surface area contributed by atoms with Crippen LogP contribution in [0.3, 0.4) is 0 Å². The number of unbranched alkanes of at least 4 members (excludes halogenated alkanes) is 1. The van der Waals surface area contributed by atoms with E-state index in [1.165, 1.54) is 55.8 Å². The van der Waals surface area contributed by atoms with Gasteiger partial charge in [0.1, 0.15) is 18.4 Å². The number of carbonyl (C=O) groups is 1. The van der Waals surface area contributed by atoms with Crippen LogP contribution in [0.4, 0.5) is 15.0 Å². The maximum absolute atomic E-state index is 13.7. The molecule has 202 valence electrons. The number of hydrogen-bond donors (Lipinski definition) is 2. The number of imidazole rings is 1. The molecule has 2 aromatic rings. The molecule has 0 spiro atoms. The first-order chi connectivity index (χ1) is 17.7. The Morgan fingerprint density at radius 3 is 2.57 bits per heavy atom. The summed E-state index contributed by atoms with van der Waals surface area (Å²) in [6.45, 7) is 1.79. The summed E-state index contributed by atoms with van der Waals surface area (Å²) in [5, 5.41) is 10.7. The highest BCUT2D eigenvalue weighted by Gasteiger charge is 2.50. The third-order valence-electron chi connectivity index (χ3n) is 9.23. The average molecular weight is 518 g/mol. The lowest BCUT2D eigenvalue weighted by atomic mass is 9.48. The quantitative estimate of drug-likeness (QED) is 0.301. The Hall–Kier alpha value is -2.53. The smallest absolute Gasteiger partial charge is 0.434 e. The average Bonchev–Trinajstić information content (AvgIpc) is 3.37. The maximum Gasteiger partial charge on any atom is 0.508 e. The zero-order valence-corrected chi connectivity index (χ0v) is 21.3. The van der Waals surface area contributed by atoms with Gasteiger partial charge in [0.2, 0.25) is 0 Å². The zero-order valence-electron chi connectivity index (χ0n) is 21.3. The van der Waals surface area contributed by atoms with Crippen LogP contribution in [0.5, 0.6) is 0 Å². The van der Waals surface area contributed by atoms with Crippen LogP contribution in [-0.2, 0) is 14.2 Å². The van der Waals surface area contributed by atoms with E-state index in [1.807, 2.05) is 0 Å². The van der Waals surface area contributed by atoms with Gasteiger partial charge in [0.05, 0.1) is 19.0 Å². The molecule has 4 bridgehead atoms. The largest absolute Gasteiger partial charge is 0.508 e. The summed E-state index contributed by atoms with van der Waals surface area (Å²) in [6, 6.07) is 0. The van der Waals surface area contributed by atoms with Crippen molar-refractivity contribution in [2.75, 3.05) is 18.9 Å². The Morgan fingerprint density at radius 1 is 1.16 bits per heavy atom. The van der Waals surface area contributed by atoms with E-state index in [0.29, 0.717) is 12.0 Å². The summed E-state index contributed by atoms with van der Waals surface area (Å²) in [7, 11) is 0. The van der Waals surface area contributed by atoms with E-state index >= 15 is 0 Å². The Morgan fingerprint density at radius 2 is 1.86 bits per heavy atom. The molecular weight excluding hydrogens is 481 g/mol. The second kappa shape index (κ2) is 9.34. The van der Waals surface area contributed by atoms with Crippen LogP contribution >= 0.6 is 0 Å². The van der Waals surface area contributed by atoms with Gasteiger partial charge in [-0.05, 0) is 87.9 Å². The number of rotatable bonds is 8. The van der Waals surface area contributed by atoms with Gasteiger partial charge in [-0.1, -0.05) is 0 Å². The standard InChI is InChI=1S/C26H36FN5O5/c1-25(18(33)9-19(37-25)32-14-29-20-21(28)30-23(27)31-22(20)32)13-36-24(34)35-5-3-2-4-26-10-15-6-16(11-26)8-17(7-15)12-26/h14-19,33H,2-13H2,1H3,(H2,28,30,31)/t15?,16?,17?,18-,19+,25+,26?/m0/s1.